The monoisotopic (exact) mass is 340 g/mol. The Bertz CT molecular complexity index is 877. The Balaban J connectivity index is 1.65. The molecule has 0 aliphatic carbocycles. The minimum absolute atomic E-state index is 0.229. The highest BCUT2D eigenvalue weighted by Crippen LogP contribution is 2.22. The molecule has 1 atom stereocenters. The molecule has 3 aromatic rings. The summed E-state index contributed by atoms with van der Waals surface area (Å²) in [5, 5.41) is 10.6. The van der Waals surface area contributed by atoms with E-state index in [9.17, 15) is 9.18 Å². The van der Waals surface area contributed by atoms with E-state index in [0.29, 0.717) is 22.9 Å². The first kappa shape index (κ1) is 16.6. The Morgan fingerprint density at radius 2 is 1.96 bits per heavy atom. The Hall–Kier alpha value is -3.22. The average molecular weight is 340 g/mol. The van der Waals surface area contributed by atoms with E-state index in [2.05, 4.69) is 15.5 Å². The maximum Gasteiger partial charge on any atom is 0.251 e. The molecule has 7 heteroatoms. The standard InChI is InChI=1S/C18H17FN4O2/c1-12(17-22-20-11-23(17)2)21-18(24)13-6-8-15(9-7-13)25-16-5-3-4-14(19)10-16/h3-12H,1-2H3,(H,21,24)/t12-/m0/s1. The number of benzene rings is 2. The number of hydrogen-bond donors (Lipinski definition) is 1. The highest BCUT2D eigenvalue weighted by atomic mass is 19.1. The zero-order chi connectivity index (χ0) is 17.8. The van der Waals surface area contributed by atoms with Crippen molar-refractivity contribution >= 4 is 5.91 Å². The van der Waals surface area contributed by atoms with Gasteiger partial charge in [0, 0.05) is 18.7 Å². The number of ether oxygens (including phenoxy) is 1. The number of carbonyl (C=O) groups is 1. The van der Waals surface area contributed by atoms with Crippen LogP contribution in [0, 0.1) is 5.82 Å². The van der Waals surface area contributed by atoms with Crippen LogP contribution in [0.4, 0.5) is 4.39 Å². The molecular weight excluding hydrogens is 323 g/mol. The zero-order valence-electron chi connectivity index (χ0n) is 13.8. The summed E-state index contributed by atoms with van der Waals surface area (Å²) in [6.07, 6.45) is 1.58. The molecule has 0 fully saturated rings. The zero-order valence-corrected chi connectivity index (χ0v) is 13.8. The van der Waals surface area contributed by atoms with Crippen LogP contribution < -0.4 is 10.1 Å². The second kappa shape index (κ2) is 7.12. The Labute approximate surface area is 144 Å². The summed E-state index contributed by atoms with van der Waals surface area (Å²) in [5.74, 6) is 0.982. The maximum atomic E-state index is 13.2. The van der Waals surface area contributed by atoms with Gasteiger partial charge in [-0.25, -0.2) is 4.39 Å². The molecule has 0 aliphatic rings. The molecule has 0 saturated heterocycles. The van der Waals surface area contributed by atoms with E-state index >= 15 is 0 Å². The molecule has 1 aromatic heterocycles. The van der Waals surface area contributed by atoms with Crippen molar-refractivity contribution in [1.29, 1.82) is 0 Å². The van der Waals surface area contributed by atoms with Crippen molar-refractivity contribution in [2.45, 2.75) is 13.0 Å². The van der Waals surface area contributed by atoms with Crippen LogP contribution in [0.5, 0.6) is 11.5 Å². The van der Waals surface area contributed by atoms with Crippen LogP contribution in [-0.2, 0) is 7.05 Å². The summed E-state index contributed by atoms with van der Waals surface area (Å²) in [5.41, 5.74) is 0.487. The van der Waals surface area contributed by atoms with Crippen LogP contribution in [0.15, 0.2) is 54.9 Å². The van der Waals surface area contributed by atoms with Gasteiger partial charge in [-0.1, -0.05) is 6.07 Å². The highest BCUT2D eigenvalue weighted by Gasteiger charge is 2.15. The SMILES string of the molecule is C[C@H](NC(=O)c1ccc(Oc2cccc(F)c2)cc1)c1nncn1C. The minimum Gasteiger partial charge on any atom is -0.457 e. The van der Waals surface area contributed by atoms with Gasteiger partial charge in [-0.3, -0.25) is 4.79 Å². The van der Waals surface area contributed by atoms with Crippen molar-refractivity contribution in [3.63, 3.8) is 0 Å². The molecule has 1 N–H and O–H groups in total. The fourth-order valence-electron chi connectivity index (χ4n) is 2.37. The molecule has 1 heterocycles. The molecule has 0 saturated carbocycles. The van der Waals surface area contributed by atoms with Crippen LogP contribution in [0.25, 0.3) is 0 Å². The number of aryl methyl sites for hydroxylation is 1. The second-order valence-corrected chi connectivity index (χ2v) is 5.58. The number of rotatable bonds is 5. The van der Waals surface area contributed by atoms with Crippen molar-refractivity contribution in [1.82, 2.24) is 20.1 Å². The topological polar surface area (TPSA) is 69.0 Å². The molecular formula is C18H17FN4O2. The molecule has 0 radical (unpaired) electrons. The number of nitrogens with zero attached hydrogens (tertiary/aromatic N) is 3. The molecule has 6 nitrogen and oxygen atoms in total. The van der Waals surface area contributed by atoms with Crippen molar-refractivity contribution in [2.24, 2.45) is 7.05 Å². The summed E-state index contributed by atoms with van der Waals surface area (Å²) in [6, 6.07) is 12.2. The van der Waals surface area contributed by atoms with Crippen LogP contribution in [0.3, 0.4) is 0 Å². The number of carbonyl (C=O) groups excluding carboxylic acids is 1. The quantitative estimate of drug-likeness (QED) is 0.774. The third kappa shape index (κ3) is 4.00. The van der Waals surface area contributed by atoms with Gasteiger partial charge in [-0.15, -0.1) is 10.2 Å². The fraction of sp³-hybridized carbons (Fsp3) is 0.167. The summed E-state index contributed by atoms with van der Waals surface area (Å²) in [6.45, 7) is 1.84. The summed E-state index contributed by atoms with van der Waals surface area (Å²) in [7, 11) is 1.82. The lowest BCUT2D eigenvalue weighted by Crippen LogP contribution is -2.28. The lowest BCUT2D eigenvalue weighted by molar-refractivity contribution is 0.0937. The molecule has 3 rings (SSSR count). The number of halogens is 1. The molecule has 25 heavy (non-hydrogen) atoms. The number of hydrogen-bond acceptors (Lipinski definition) is 4. The first-order valence-corrected chi connectivity index (χ1v) is 7.71. The van der Waals surface area contributed by atoms with Crippen LogP contribution >= 0.6 is 0 Å². The van der Waals surface area contributed by atoms with E-state index in [4.69, 9.17) is 4.74 Å². The van der Waals surface area contributed by atoms with E-state index in [1.165, 1.54) is 12.1 Å². The molecule has 2 aromatic carbocycles. The van der Waals surface area contributed by atoms with Gasteiger partial charge < -0.3 is 14.6 Å². The van der Waals surface area contributed by atoms with Crippen molar-refractivity contribution < 1.29 is 13.9 Å². The summed E-state index contributed by atoms with van der Waals surface area (Å²) in [4.78, 5) is 12.3. The second-order valence-electron chi connectivity index (χ2n) is 5.58. The predicted octanol–water partition coefficient (Wildman–Crippen LogP) is 3.24. The predicted molar refractivity (Wildman–Crippen MR) is 89.8 cm³/mol. The number of nitrogens with one attached hydrogen (secondary N) is 1. The smallest absolute Gasteiger partial charge is 0.251 e. The Morgan fingerprint density at radius 1 is 1.20 bits per heavy atom. The van der Waals surface area contributed by atoms with E-state index in [0.717, 1.165) is 0 Å². The van der Waals surface area contributed by atoms with E-state index in [1.807, 2.05) is 14.0 Å². The average Bonchev–Trinajstić information content (AvgIpc) is 3.01. The van der Waals surface area contributed by atoms with Gasteiger partial charge in [0.05, 0.1) is 6.04 Å². The first-order valence-electron chi connectivity index (χ1n) is 7.71. The van der Waals surface area contributed by atoms with E-state index < -0.39 is 0 Å². The Morgan fingerprint density at radius 3 is 2.60 bits per heavy atom. The van der Waals surface area contributed by atoms with Gasteiger partial charge in [-0.05, 0) is 43.3 Å². The van der Waals surface area contributed by atoms with Crippen molar-refractivity contribution in [3.8, 4) is 11.5 Å². The maximum absolute atomic E-state index is 13.2. The van der Waals surface area contributed by atoms with Gasteiger partial charge in [0.1, 0.15) is 23.6 Å². The molecule has 0 aliphatic heterocycles. The lowest BCUT2D eigenvalue weighted by Gasteiger charge is -2.13. The van der Waals surface area contributed by atoms with Crippen molar-refractivity contribution in [2.75, 3.05) is 0 Å². The molecule has 128 valence electrons. The van der Waals surface area contributed by atoms with Gasteiger partial charge in [-0.2, -0.15) is 0 Å². The lowest BCUT2D eigenvalue weighted by atomic mass is 10.2. The molecule has 1 amide bonds. The number of amides is 1. The first-order chi connectivity index (χ1) is 12.0. The fourth-order valence-corrected chi connectivity index (χ4v) is 2.37. The van der Waals surface area contributed by atoms with Gasteiger partial charge in [0.15, 0.2) is 5.82 Å². The van der Waals surface area contributed by atoms with Crippen molar-refractivity contribution in [3.05, 3.63) is 72.1 Å². The molecule has 0 spiro atoms. The molecule has 0 bridgehead atoms. The van der Waals surface area contributed by atoms with Crippen LogP contribution in [0.1, 0.15) is 29.1 Å². The van der Waals surface area contributed by atoms with E-state index in [1.54, 1.807) is 47.3 Å². The van der Waals surface area contributed by atoms with Crippen LogP contribution in [-0.4, -0.2) is 20.7 Å². The summed E-state index contributed by atoms with van der Waals surface area (Å²) >= 11 is 0. The third-order valence-electron chi connectivity index (χ3n) is 3.63. The Kier molecular flexibility index (Phi) is 4.74. The summed E-state index contributed by atoms with van der Waals surface area (Å²) < 4.78 is 20.5. The third-order valence-corrected chi connectivity index (χ3v) is 3.63. The van der Waals surface area contributed by atoms with E-state index in [-0.39, 0.29) is 17.8 Å². The number of aromatic nitrogens is 3. The van der Waals surface area contributed by atoms with Crippen LogP contribution in [0.2, 0.25) is 0 Å². The normalized spacial score (nSPS) is 11.8. The highest BCUT2D eigenvalue weighted by molar-refractivity contribution is 5.94. The molecule has 0 unspecified atom stereocenters. The largest absolute Gasteiger partial charge is 0.457 e. The van der Waals surface area contributed by atoms with Gasteiger partial charge in [0.2, 0.25) is 0 Å². The van der Waals surface area contributed by atoms with Gasteiger partial charge in [0.25, 0.3) is 5.91 Å². The van der Waals surface area contributed by atoms with Gasteiger partial charge >= 0.3 is 0 Å². The minimum atomic E-state index is -0.369.